The van der Waals surface area contributed by atoms with Crippen LogP contribution in [0.3, 0.4) is 0 Å². The molecule has 1 aliphatic heterocycles. The van der Waals surface area contributed by atoms with Gasteiger partial charge < -0.3 is 15.0 Å². The minimum Gasteiger partial charge on any atom is -0.443 e. The van der Waals surface area contributed by atoms with E-state index >= 15 is 0 Å². The van der Waals surface area contributed by atoms with Crippen molar-refractivity contribution in [3.8, 4) is 6.07 Å². The Hall–Kier alpha value is -4.07. The number of alkyl halides is 5. The summed E-state index contributed by atoms with van der Waals surface area (Å²) in [7, 11) is -4.57. The molecule has 2 amide bonds. The lowest BCUT2D eigenvalue weighted by atomic mass is 10.0. The van der Waals surface area contributed by atoms with E-state index in [0.717, 1.165) is 23.2 Å². The number of hydrogen-bond donors (Lipinski definition) is 2. The summed E-state index contributed by atoms with van der Waals surface area (Å²) in [6, 6.07) is 3.96. The maximum Gasteiger partial charge on any atom is 0.434 e. The first-order chi connectivity index (χ1) is 18.3. The molecule has 1 fully saturated rings. The van der Waals surface area contributed by atoms with E-state index in [-0.39, 0.29) is 5.69 Å². The number of sulfonamides is 1. The topological polar surface area (TPSA) is 154 Å². The number of amides is 2. The monoisotopic (exact) mass is 590 g/mol. The van der Waals surface area contributed by atoms with Gasteiger partial charge in [-0.15, -0.1) is 0 Å². The molecule has 2 aromatic heterocycles. The highest BCUT2D eigenvalue weighted by molar-refractivity contribution is 7.90. The number of hydrogen-bond acceptors (Lipinski definition) is 9. The first-order valence-electron chi connectivity index (χ1n) is 11.5. The Morgan fingerprint density at radius 3 is 2.33 bits per heavy atom. The fraction of sp³-hybridized carbons (Fsp3) is 0.435. The molecule has 40 heavy (non-hydrogen) atoms. The highest BCUT2D eigenvalue weighted by Crippen LogP contribution is 2.36. The van der Waals surface area contributed by atoms with Crippen LogP contribution in [0, 0.1) is 11.3 Å². The first-order valence-corrected chi connectivity index (χ1v) is 13.0. The number of carbonyl (C=O) groups excluding carboxylic acids is 2. The van der Waals surface area contributed by atoms with Crippen molar-refractivity contribution in [3.05, 3.63) is 41.2 Å². The van der Waals surface area contributed by atoms with E-state index in [1.165, 1.54) is 26.8 Å². The van der Waals surface area contributed by atoms with Gasteiger partial charge in [0.1, 0.15) is 17.5 Å². The number of ether oxygens (including phenoxy) is 1. The molecule has 0 bridgehead atoms. The molecule has 216 valence electrons. The molecule has 2 N–H and O–H groups in total. The Kier molecular flexibility index (Phi) is 8.25. The van der Waals surface area contributed by atoms with Crippen LogP contribution in [0.15, 0.2) is 29.4 Å². The fourth-order valence-electron chi connectivity index (χ4n) is 3.55. The van der Waals surface area contributed by atoms with Crippen LogP contribution in [0.1, 0.15) is 55.2 Å². The van der Waals surface area contributed by atoms with Crippen LogP contribution in [0.25, 0.3) is 0 Å². The molecule has 1 aliphatic rings. The van der Waals surface area contributed by atoms with Gasteiger partial charge in [0.05, 0.1) is 11.1 Å². The number of anilines is 2. The molecule has 0 aliphatic carbocycles. The second-order valence-electron chi connectivity index (χ2n) is 9.65. The van der Waals surface area contributed by atoms with E-state index < -0.39 is 93.3 Å². The summed E-state index contributed by atoms with van der Waals surface area (Å²) in [5.41, 5.74) is -4.34. The average molecular weight is 591 g/mol. The van der Waals surface area contributed by atoms with E-state index in [2.05, 4.69) is 15.3 Å². The Labute approximate surface area is 225 Å². The molecule has 11 nitrogen and oxygen atoms in total. The largest absolute Gasteiger partial charge is 0.443 e. The Morgan fingerprint density at radius 2 is 1.77 bits per heavy atom. The van der Waals surface area contributed by atoms with Crippen LogP contribution in [-0.2, 0) is 20.9 Å². The van der Waals surface area contributed by atoms with Crippen molar-refractivity contribution >= 4 is 33.5 Å². The predicted octanol–water partition coefficient (Wildman–Crippen LogP) is 4.07. The minimum absolute atomic E-state index is 0.209. The van der Waals surface area contributed by atoms with Crippen molar-refractivity contribution in [1.82, 2.24) is 14.7 Å². The third-order valence-electron chi connectivity index (χ3n) is 5.32. The van der Waals surface area contributed by atoms with Crippen molar-refractivity contribution in [1.29, 1.82) is 5.26 Å². The summed E-state index contributed by atoms with van der Waals surface area (Å²) in [6.07, 6.45) is -6.80. The van der Waals surface area contributed by atoms with Crippen molar-refractivity contribution in [3.63, 3.8) is 0 Å². The first kappa shape index (κ1) is 30.5. The highest BCUT2D eigenvalue weighted by Gasteiger charge is 2.40. The van der Waals surface area contributed by atoms with Gasteiger partial charge in [-0.2, -0.15) is 26.9 Å². The Morgan fingerprint density at radius 1 is 1.15 bits per heavy atom. The summed E-state index contributed by atoms with van der Waals surface area (Å²) < 4.78 is 99.7. The summed E-state index contributed by atoms with van der Waals surface area (Å²) in [5.74, 6) is -4.74. The summed E-state index contributed by atoms with van der Waals surface area (Å²) >= 11 is 0. The number of carbonyl (C=O) groups is 2. The summed E-state index contributed by atoms with van der Waals surface area (Å²) in [5, 5.41) is 10.8. The smallest absolute Gasteiger partial charge is 0.434 e. The van der Waals surface area contributed by atoms with Crippen LogP contribution < -0.4 is 14.9 Å². The van der Waals surface area contributed by atoms with Gasteiger partial charge in [0, 0.05) is 43.9 Å². The number of rotatable bonds is 5. The molecular weight excluding hydrogens is 567 g/mol. The van der Waals surface area contributed by atoms with Crippen molar-refractivity contribution < 1.29 is 44.7 Å². The van der Waals surface area contributed by atoms with Gasteiger partial charge in [0.15, 0.2) is 10.7 Å². The van der Waals surface area contributed by atoms with Crippen molar-refractivity contribution in [2.24, 2.45) is 0 Å². The lowest BCUT2D eigenvalue weighted by molar-refractivity contribution is -0.141. The maximum atomic E-state index is 13.7. The van der Waals surface area contributed by atoms with Crippen LogP contribution in [-0.4, -0.2) is 55.0 Å². The number of nitriles is 1. The third kappa shape index (κ3) is 7.52. The zero-order valence-corrected chi connectivity index (χ0v) is 22.1. The van der Waals surface area contributed by atoms with E-state index in [1.807, 2.05) is 0 Å². The second-order valence-corrected chi connectivity index (χ2v) is 11.3. The van der Waals surface area contributed by atoms with Crippen LogP contribution in [0.5, 0.6) is 0 Å². The fourth-order valence-corrected chi connectivity index (χ4v) is 4.40. The molecule has 2 aromatic rings. The summed E-state index contributed by atoms with van der Waals surface area (Å²) in [4.78, 5) is 33.3. The normalized spacial score (nSPS) is 15.6. The van der Waals surface area contributed by atoms with Gasteiger partial charge in [0.2, 0.25) is 0 Å². The molecule has 0 radical (unpaired) electrons. The molecule has 0 unspecified atom stereocenters. The molecule has 3 rings (SSSR count). The number of aromatic nitrogens is 2. The maximum absolute atomic E-state index is 13.7. The van der Waals surface area contributed by atoms with Gasteiger partial charge in [-0.25, -0.2) is 28.3 Å². The van der Waals surface area contributed by atoms with Gasteiger partial charge >= 0.3 is 12.3 Å². The van der Waals surface area contributed by atoms with Gasteiger partial charge in [-0.05, 0) is 32.9 Å². The quantitative estimate of drug-likeness (QED) is 0.491. The van der Waals surface area contributed by atoms with Gasteiger partial charge in [-0.3, -0.25) is 4.79 Å². The predicted molar refractivity (Wildman–Crippen MR) is 129 cm³/mol. The van der Waals surface area contributed by atoms with E-state index in [1.54, 1.807) is 4.72 Å². The van der Waals surface area contributed by atoms with Crippen molar-refractivity contribution in [2.75, 3.05) is 23.3 Å². The zero-order valence-electron chi connectivity index (χ0n) is 21.3. The number of piperidine rings is 1. The zero-order chi connectivity index (χ0) is 30.1. The lowest BCUT2D eigenvalue weighted by Crippen LogP contribution is -2.41. The van der Waals surface area contributed by atoms with Gasteiger partial charge in [0.25, 0.3) is 21.9 Å². The van der Waals surface area contributed by atoms with E-state index in [4.69, 9.17) is 4.74 Å². The molecule has 1 saturated heterocycles. The van der Waals surface area contributed by atoms with Gasteiger partial charge in [-0.1, -0.05) is 0 Å². The molecular formula is C23H23F5N6O5S. The van der Waals surface area contributed by atoms with E-state index in [9.17, 15) is 45.2 Å². The second kappa shape index (κ2) is 10.8. The van der Waals surface area contributed by atoms with Crippen molar-refractivity contribution in [2.45, 2.75) is 56.3 Å². The number of halogens is 5. The molecule has 0 saturated carbocycles. The molecule has 0 aromatic carbocycles. The lowest BCUT2D eigenvalue weighted by Gasteiger charge is -2.33. The van der Waals surface area contributed by atoms with Crippen LogP contribution in [0.2, 0.25) is 0 Å². The summed E-state index contributed by atoms with van der Waals surface area (Å²) in [6.45, 7) is 3.68. The Balaban J connectivity index is 1.96. The average Bonchev–Trinajstić information content (AvgIpc) is 2.81. The SMILES string of the molecule is CC(C)(C)OC(=O)NS(=O)(=O)c1cc(NC(=O)c2cc(C#N)c(C(F)(F)F)nc2N2CCC(F)(F)CC2)ccn1. The standard InChI is InChI=1S/C23H23F5N6O5S/c1-21(2,3)39-20(36)33-40(37,38)16-11-14(4-7-30-16)31-19(35)15-10-13(12-29)17(23(26,27)28)32-18(15)34-8-5-22(24,25)6-9-34/h4,7,10-11H,5-6,8-9H2,1-3H3,(H,33,36)(H,30,31,35). The third-order valence-corrected chi connectivity index (χ3v) is 6.52. The van der Waals surface area contributed by atoms with E-state index in [0.29, 0.717) is 6.07 Å². The molecule has 3 heterocycles. The highest BCUT2D eigenvalue weighted by atomic mass is 32.2. The number of pyridine rings is 2. The number of nitrogens with one attached hydrogen (secondary N) is 2. The molecule has 0 spiro atoms. The van der Waals surface area contributed by atoms with Crippen LogP contribution in [0.4, 0.5) is 38.3 Å². The van der Waals surface area contributed by atoms with Crippen LogP contribution >= 0.6 is 0 Å². The Bertz CT molecular complexity index is 1460. The number of nitrogens with zero attached hydrogens (tertiary/aromatic N) is 4. The minimum atomic E-state index is -5.08. The molecule has 17 heteroatoms. The molecule has 0 atom stereocenters.